The molecule has 1 rings (SSSR count). The maximum Gasteiger partial charge on any atom is 0.0594 e. The lowest BCUT2D eigenvalue weighted by Crippen LogP contribution is -2.44. The van der Waals surface area contributed by atoms with E-state index in [4.69, 9.17) is 4.74 Å². The zero-order valence-corrected chi connectivity index (χ0v) is 10.5. The average Bonchev–Trinajstić information content (AvgIpc) is 2.08. The lowest BCUT2D eigenvalue weighted by atomic mass is 9.84. The molecule has 1 fully saturated rings. The minimum atomic E-state index is 0.356. The van der Waals surface area contributed by atoms with Gasteiger partial charge in [-0.25, -0.2) is 0 Å². The zero-order chi connectivity index (χ0) is 10.4. The Kier molecular flexibility index (Phi) is 5.28. The van der Waals surface area contributed by atoms with Crippen LogP contribution in [0.3, 0.4) is 0 Å². The SMILES string of the molecule is CSC1(CNCCOC(C)C)CCC1. The molecule has 0 aromatic heterocycles. The van der Waals surface area contributed by atoms with Crippen LogP contribution < -0.4 is 5.32 Å². The Labute approximate surface area is 92.2 Å². The number of hydrogen-bond donors (Lipinski definition) is 1. The van der Waals surface area contributed by atoms with Crippen LogP contribution in [-0.2, 0) is 4.74 Å². The van der Waals surface area contributed by atoms with E-state index in [0.29, 0.717) is 10.9 Å². The van der Waals surface area contributed by atoms with Crippen LogP contribution in [0.1, 0.15) is 33.1 Å². The molecular weight excluding hydrogens is 194 g/mol. The van der Waals surface area contributed by atoms with E-state index in [1.165, 1.54) is 19.3 Å². The molecule has 1 N–H and O–H groups in total. The average molecular weight is 217 g/mol. The van der Waals surface area contributed by atoms with Gasteiger partial charge < -0.3 is 10.1 Å². The fourth-order valence-corrected chi connectivity index (χ4v) is 2.65. The highest BCUT2D eigenvalue weighted by Crippen LogP contribution is 2.41. The van der Waals surface area contributed by atoms with Crippen LogP contribution in [-0.4, -0.2) is 36.8 Å². The third kappa shape index (κ3) is 3.79. The van der Waals surface area contributed by atoms with Crippen LogP contribution in [0.5, 0.6) is 0 Å². The molecule has 0 amide bonds. The fourth-order valence-electron chi connectivity index (χ4n) is 1.71. The Morgan fingerprint density at radius 1 is 1.43 bits per heavy atom. The molecule has 3 heteroatoms. The van der Waals surface area contributed by atoms with E-state index in [1.807, 2.05) is 11.8 Å². The minimum absolute atomic E-state index is 0.356. The maximum atomic E-state index is 5.47. The van der Waals surface area contributed by atoms with Crippen molar-refractivity contribution in [2.75, 3.05) is 26.0 Å². The van der Waals surface area contributed by atoms with Crippen LogP contribution >= 0.6 is 11.8 Å². The molecule has 0 aromatic carbocycles. The van der Waals surface area contributed by atoms with Crippen molar-refractivity contribution >= 4 is 11.8 Å². The number of nitrogens with one attached hydrogen (secondary N) is 1. The van der Waals surface area contributed by atoms with E-state index in [2.05, 4.69) is 25.4 Å². The van der Waals surface area contributed by atoms with Gasteiger partial charge in [0.25, 0.3) is 0 Å². The summed E-state index contributed by atoms with van der Waals surface area (Å²) in [6.45, 7) is 7.13. The Balaban J connectivity index is 1.97. The summed E-state index contributed by atoms with van der Waals surface area (Å²) < 4.78 is 6.03. The standard InChI is InChI=1S/C11H23NOS/c1-10(2)13-8-7-12-9-11(14-3)5-4-6-11/h10,12H,4-9H2,1-3H3. The van der Waals surface area contributed by atoms with E-state index < -0.39 is 0 Å². The topological polar surface area (TPSA) is 21.3 Å². The van der Waals surface area contributed by atoms with Crippen molar-refractivity contribution in [3.8, 4) is 0 Å². The fraction of sp³-hybridized carbons (Fsp3) is 1.00. The third-order valence-electron chi connectivity index (χ3n) is 2.87. The molecule has 0 atom stereocenters. The quantitative estimate of drug-likeness (QED) is 0.661. The lowest BCUT2D eigenvalue weighted by Gasteiger charge is -2.40. The predicted molar refractivity (Wildman–Crippen MR) is 64.1 cm³/mol. The Morgan fingerprint density at radius 3 is 2.57 bits per heavy atom. The molecule has 1 aliphatic rings. The van der Waals surface area contributed by atoms with Gasteiger partial charge in [0.2, 0.25) is 0 Å². The van der Waals surface area contributed by atoms with Crippen molar-refractivity contribution in [3.63, 3.8) is 0 Å². The number of ether oxygens (including phenoxy) is 1. The van der Waals surface area contributed by atoms with Crippen molar-refractivity contribution in [1.29, 1.82) is 0 Å². The molecule has 0 bridgehead atoms. The first-order chi connectivity index (χ1) is 6.68. The molecule has 0 aromatic rings. The predicted octanol–water partition coefficient (Wildman–Crippen LogP) is 2.29. The summed E-state index contributed by atoms with van der Waals surface area (Å²) in [6.07, 6.45) is 6.75. The Morgan fingerprint density at radius 2 is 2.14 bits per heavy atom. The molecule has 1 saturated carbocycles. The van der Waals surface area contributed by atoms with Gasteiger partial charge in [0.1, 0.15) is 0 Å². The normalized spacial score (nSPS) is 19.7. The second-order valence-electron chi connectivity index (χ2n) is 4.34. The van der Waals surface area contributed by atoms with Gasteiger partial charge in [-0.2, -0.15) is 11.8 Å². The first-order valence-corrected chi connectivity index (χ1v) is 6.78. The van der Waals surface area contributed by atoms with Gasteiger partial charge in [-0.1, -0.05) is 6.42 Å². The van der Waals surface area contributed by atoms with E-state index >= 15 is 0 Å². The summed E-state index contributed by atoms with van der Waals surface area (Å²) in [4.78, 5) is 0. The van der Waals surface area contributed by atoms with E-state index in [0.717, 1.165) is 19.7 Å². The van der Waals surface area contributed by atoms with Crippen molar-refractivity contribution in [2.45, 2.75) is 44.0 Å². The summed E-state index contributed by atoms with van der Waals surface area (Å²) in [5.74, 6) is 0. The zero-order valence-electron chi connectivity index (χ0n) is 9.64. The Bertz CT molecular complexity index is 152. The molecule has 1 aliphatic carbocycles. The number of hydrogen-bond acceptors (Lipinski definition) is 3. The van der Waals surface area contributed by atoms with Crippen molar-refractivity contribution in [2.24, 2.45) is 0 Å². The summed E-state index contributed by atoms with van der Waals surface area (Å²) in [6, 6.07) is 0. The second kappa shape index (κ2) is 5.99. The van der Waals surface area contributed by atoms with Gasteiger partial charge >= 0.3 is 0 Å². The van der Waals surface area contributed by atoms with Gasteiger partial charge in [0.05, 0.1) is 12.7 Å². The smallest absolute Gasteiger partial charge is 0.0594 e. The molecule has 84 valence electrons. The molecule has 0 aliphatic heterocycles. The van der Waals surface area contributed by atoms with Crippen LogP contribution in [0, 0.1) is 0 Å². The molecule has 14 heavy (non-hydrogen) atoms. The van der Waals surface area contributed by atoms with Crippen LogP contribution in [0.25, 0.3) is 0 Å². The van der Waals surface area contributed by atoms with Gasteiger partial charge in [-0.3, -0.25) is 0 Å². The molecule has 0 heterocycles. The highest BCUT2D eigenvalue weighted by molar-refractivity contribution is 8.00. The van der Waals surface area contributed by atoms with Crippen molar-refractivity contribution in [3.05, 3.63) is 0 Å². The molecule has 0 radical (unpaired) electrons. The largest absolute Gasteiger partial charge is 0.377 e. The van der Waals surface area contributed by atoms with E-state index in [1.54, 1.807) is 0 Å². The summed E-state index contributed by atoms with van der Waals surface area (Å²) >= 11 is 2.02. The summed E-state index contributed by atoms with van der Waals surface area (Å²) in [5, 5.41) is 3.49. The van der Waals surface area contributed by atoms with Gasteiger partial charge in [0.15, 0.2) is 0 Å². The van der Waals surface area contributed by atoms with E-state index in [-0.39, 0.29) is 0 Å². The highest BCUT2D eigenvalue weighted by atomic mass is 32.2. The first-order valence-electron chi connectivity index (χ1n) is 5.56. The number of rotatable bonds is 7. The second-order valence-corrected chi connectivity index (χ2v) is 5.61. The maximum absolute atomic E-state index is 5.47. The van der Waals surface area contributed by atoms with Crippen LogP contribution in [0.2, 0.25) is 0 Å². The number of thioether (sulfide) groups is 1. The molecule has 0 spiro atoms. The first kappa shape index (κ1) is 12.3. The van der Waals surface area contributed by atoms with Gasteiger partial charge in [-0.05, 0) is 32.9 Å². The third-order valence-corrected chi connectivity index (χ3v) is 4.29. The van der Waals surface area contributed by atoms with Crippen molar-refractivity contribution < 1.29 is 4.74 Å². The van der Waals surface area contributed by atoms with Crippen LogP contribution in [0.4, 0.5) is 0 Å². The van der Waals surface area contributed by atoms with Crippen LogP contribution in [0.15, 0.2) is 0 Å². The van der Waals surface area contributed by atoms with Crippen molar-refractivity contribution in [1.82, 2.24) is 5.32 Å². The Hall–Kier alpha value is 0.270. The van der Waals surface area contributed by atoms with Gasteiger partial charge in [0, 0.05) is 17.8 Å². The monoisotopic (exact) mass is 217 g/mol. The van der Waals surface area contributed by atoms with E-state index in [9.17, 15) is 0 Å². The summed E-state index contributed by atoms with van der Waals surface area (Å²) in [5.41, 5.74) is 0. The lowest BCUT2D eigenvalue weighted by molar-refractivity contribution is 0.0801. The molecule has 0 unspecified atom stereocenters. The highest BCUT2D eigenvalue weighted by Gasteiger charge is 2.35. The molecular formula is C11H23NOS. The van der Waals surface area contributed by atoms with Gasteiger partial charge in [-0.15, -0.1) is 0 Å². The summed E-state index contributed by atoms with van der Waals surface area (Å²) in [7, 11) is 0. The molecule has 2 nitrogen and oxygen atoms in total. The molecule has 0 saturated heterocycles. The minimum Gasteiger partial charge on any atom is -0.377 e.